The number of benzene rings is 1. The molecule has 0 bridgehead atoms. The summed E-state index contributed by atoms with van der Waals surface area (Å²) in [6.07, 6.45) is 12.2. The maximum Gasteiger partial charge on any atom is 0.128 e. The zero-order valence-electron chi connectivity index (χ0n) is 13.0. The van der Waals surface area contributed by atoms with Gasteiger partial charge in [-0.05, 0) is 17.7 Å². The first-order chi connectivity index (χ1) is 10.4. The Morgan fingerprint density at radius 3 is 2.33 bits per heavy atom. The van der Waals surface area contributed by atoms with Gasteiger partial charge in [-0.15, -0.1) is 11.8 Å². The van der Waals surface area contributed by atoms with E-state index in [2.05, 4.69) is 59.7 Å². The molecule has 0 spiro atoms. The highest BCUT2D eigenvalue weighted by atomic mass is 32.2. The Morgan fingerprint density at radius 1 is 0.952 bits per heavy atom. The minimum Gasteiger partial charge on any atom is -0.272 e. The second-order valence-corrected chi connectivity index (χ2v) is 6.91. The normalized spacial score (nSPS) is 16.2. The highest BCUT2D eigenvalue weighted by Crippen LogP contribution is 2.35. The zero-order chi connectivity index (χ0) is 14.8. The van der Waals surface area contributed by atoms with Gasteiger partial charge in [0.05, 0.1) is 0 Å². The smallest absolute Gasteiger partial charge is 0.128 e. The fourth-order valence-corrected chi connectivity index (χ4v) is 3.85. The van der Waals surface area contributed by atoms with Crippen LogP contribution in [0.15, 0.2) is 40.3 Å². The van der Waals surface area contributed by atoms with Crippen LogP contribution in [0.5, 0.6) is 0 Å². The summed E-state index contributed by atoms with van der Waals surface area (Å²) in [6.45, 7) is 2.84. The van der Waals surface area contributed by atoms with Gasteiger partial charge in [0, 0.05) is 12.4 Å². The van der Waals surface area contributed by atoms with Gasteiger partial charge in [-0.2, -0.15) is 0 Å². The fourth-order valence-electron chi connectivity index (χ4n) is 2.56. The predicted octanol–water partition coefficient (Wildman–Crippen LogP) is 5.09. The molecule has 114 valence electrons. The largest absolute Gasteiger partial charge is 0.272 e. The number of nitrogens with zero attached hydrogens (tertiary/aromatic N) is 2. The van der Waals surface area contributed by atoms with Gasteiger partial charge in [0.2, 0.25) is 0 Å². The molecular formula is C18H26N2S. The topological polar surface area (TPSA) is 24.7 Å². The fraction of sp³-hybridized carbons (Fsp3) is 0.556. The standard InChI is InChI=1S/C18H26N2S/c1-2-3-4-5-6-10-13-21-18(14-19-16-20-15-18)17-11-8-7-9-12-17/h7-9,11-12,14-15H,2-6,10,13,16H2,1H3. The summed E-state index contributed by atoms with van der Waals surface area (Å²) in [6, 6.07) is 10.6. The summed E-state index contributed by atoms with van der Waals surface area (Å²) < 4.78 is -0.150. The minimum atomic E-state index is -0.150. The van der Waals surface area contributed by atoms with Crippen molar-refractivity contribution in [2.45, 2.75) is 50.2 Å². The zero-order valence-corrected chi connectivity index (χ0v) is 13.8. The van der Waals surface area contributed by atoms with Gasteiger partial charge >= 0.3 is 0 Å². The van der Waals surface area contributed by atoms with Gasteiger partial charge in [-0.25, -0.2) is 0 Å². The Balaban J connectivity index is 1.86. The molecular weight excluding hydrogens is 276 g/mol. The van der Waals surface area contributed by atoms with E-state index in [1.54, 1.807) is 0 Å². The lowest BCUT2D eigenvalue weighted by Crippen LogP contribution is -2.28. The lowest BCUT2D eigenvalue weighted by atomic mass is 10.0. The summed E-state index contributed by atoms with van der Waals surface area (Å²) in [5, 5.41) is 0. The maximum atomic E-state index is 4.40. The van der Waals surface area contributed by atoms with Gasteiger partial charge in [0.25, 0.3) is 0 Å². The van der Waals surface area contributed by atoms with Crippen molar-refractivity contribution in [2.24, 2.45) is 9.98 Å². The van der Waals surface area contributed by atoms with Crippen LogP contribution < -0.4 is 0 Å². The number of rotatable bonds is 9. The van der Waals surface area contributed by atoms with Crippen molar-refractivity contribution in [3.05, 3.63) is 35.9 Å². The first kappa shape index (κ1) is 16.3. The Labute approximate surface area is 133 Å². The summed E-state index contributed by atoms with van der Waals surface area (Å²) in [5.41, 5.74) is 1.29. The molecule has 2 rings (SSSR count). The molecule has 1 aromatic carbocycles. The quantitative estimate of drug-likeness (QED) is 0.583. The molecule has 0 aliphatic carbocycles. The van der Waals surface area contributed by atoms with E-state index in [4.69, 9.17) is 0 Å². The number of aliphatic imine (C=N–C) groups is 2. The summed E-state index contributed by atoms with van der Waals surface area (Å²) in [4.78, 5) is 8.81. The molecule has 0 saturated heterocycles. The molecule has 0 fully saturated rings. The average molecular weight is 302 g/mol. The number of hydrogen-bond donors (Lipinski definition) is 0. The molecule has 0 radical (unpaired) electrons. The van der Waals surface area contributed by atoms with E-state index in [1.165, 1.54) is 49.8 Å². The average Bonchev–Trinajstić information content (AvgIpc) is 2.56. The minimum absolute atomic E-state index is 0.150. The molecule has 0 atom stereocenters. The van der Waals surface area contributed by atoms with E-state index in [0.717, 1.165) is 0 Å². The van der Waals surface area contributed by atoms with Crippen LogP contribution in [0.25, 0.3) is 0 Å². The summed E-state index contributed by atoms with van der Waals surface area (Å²) >= 11 is 1.96. The molecule has 0 unspecified atom stereocenters. The Kier molecular flexibility index (Phi) is 7.01. The van der Waals surface area contributed by atoms with Gasteiger partial charge in [-0.3, -0.25) is 9.98 Å². The van der Waals surface area contributed by atoms with E-state index in [1.807, 2.05) is 11.8 Å². The van der Waals surface area contributed by atoms with E-state index in [0.29, 0.717) is 6.67 Å². The highest BCUT2D eigenvalue weighted by molar-refractivity contribution is 8.01. The van der Waals surface area contributed by atoms with Crippen molar-refractivity contribution in [3.8, 4) is 0 Å². The molecule has 0 N–H and O–H groups in total. The Hall–Kier alpha value is -1.09. The van der Waals surface area contributed by atoms with Gasteiger partial charge in [-0.1, -0.05) is 69.4 Å². The number of unbranched alkanes of at least 4 members (excludes halogenated alkanes) is 5. The van der Waals surface area contributed by atoms with Crippen LogP contribution in [0.2, 0.25) is 0 Å². The molecule has 1 aromatic rings. The molecule has 0 saturated carbocycles. The van der Waals surface area contributed by atoms with E-state index in [9.17, 15) is 0 Å². The van der Waals surface area contributed by atoms with E-state index < -0.39 is 0 Å². The SMILES string of the molecule is CCCCCCCCSC1(c2ccccc2)C=NCN=C1. The first-order valence-electron chi connectivity index (χ1n) is 8.09. The van der Waals surface area contributed by atoms with Crippen molar-refractivity contribution in [2.75, 3.05) is 12.4 Å². The van der Waals surface area contributed by atoms with E-state index >= 15 is 0 Å². The summed E-state index contributed by atoms with van der Waals surface area (Å²) in [5.74, 6) is 1.17. The van der Waals surface area contributed by atoms with Gasteiger partial charge < -0.3 is 0 Å². The van der Waals surface area contributed by atoms with Crippen molar-refractivity contribution in [1.29, 1.82) is 0 Å². The van der Waals surface area contributed by atoms with Crippen LogP contribution >= 0.6 is 11.8 Å². The lowest BCUT2D eigenvalue weighted by molar-refractivity contribution is 0.627. The molecule has 0 aromatic heterocycles. The van der Waals surface area contributed by atoms with Crippen LogP contribution in [-0.4, -0.2) is 24.9 Å². The molecule has 2 nitrogen and oxygen atoms in total. The number of thioether (sulfide) groups is 1. The third kappa shape index (κ3) is 4.99. The molecule has 1 aliphatic heterocycles. The predicted molar refractivity (Wildman–Crippen MR) is 95.8 cm³/mol. The Bertz CT molecular complexity index is 442. The van der Waals surface area contributed by atoms with Crippen molar-refractivity contribution < 1.29 is 0 Å². The molecule has 0 amide bonds. The van der Waals surface area contributed by atoms with Crippen molar-refractivity contribution in [1.82, 2.24) is 0 Å². The second kappa shape index (κ2) is 9.04. The van der Waals surface area contributed by atoms with Crippen LogP contribution in [0.1, 0.15) is 51.0 Å². The van der Waals surface area contributed by atoms with Gasteiger partial charge in [0.1, 0.15) is 11.4 Å². The van der Waals surface area contributed by atoms with Crippen molar-refractivity contribution >= 4 is 24.2 Å². The Morgan fingerprint density at radius 2 is 1.62 bits per heavy atom. The third-order valence-corrected chi connectivity index (χ3v) is 5.21. The number of hydrogen-bond acceptors (Lipinski definition) is 3. The van der Waals surface area contributed by atoms with Crippen LogP contribution in [0, 0.1) is 0 Å². The van der Waals surface area contributed by atoms with Crippen LogP contribution in [0.3, 0.4) is 0 Å². The third-order valence-electron chi connectivity index (χ3n) is 3.79. The first-order valence-corrected chi connectivity index (χ1v) is 9.07. The lowest BCUT2D eigenvalue weighted by Gasteiger charge is -2.27. The molecule has 1 heterocycles. The molecule has 21 heavy (non-hydrogen) atoms. The summed E-state index contributed by atoms with van der Waals surface area (Å²) in [7, 11) is 0. The maximum absolute atomic E-state index is 4.40. The van der Waals surface area contributed by atoms with E-state index in [-0.39, 0.29) is 4.75 Å². The molecule has 1 aliphatic rings. The van der Waals surface area contributed by atoms with Crippen LogP contribution in [-0.2, 0) is 4.75 Å². The van der Waals surface area contributed by atoms with Gasteiger partial charge in [0.15, 0.2) is 0 Å². The highest BCUT2D eigenvalue weighted by Gasteiger charge is 2.30. The van der Waals surface area contributed by atoms with Crippen LogP contribution in [0.4, 0.5) is 0 Å². The molecule has 3 heteroatoms. The van der Waals surface area contributed by atoms with Crippen molar-refractivity contribution in [3.63, 3.8) is 0 Å². The monoisotopic (exact) mass is 302 g/mol. The second-order valence-electron chi connectivity index (χ2n) is 5.54.